The van der Waals surface area contributed by atoms with Crippen LogP contribution in [0.15, 0.2) is 35.2 Å². The molecule has 0 bridgehead atoms. The summed E-state index contributed by atoms with van der Waals surface area (Å²) in [6.07, 6.45) is 1.81. The number of sulfonamides is 1. The Morgan fingerprint density at radius 3 is 2.36 bits per heavy atom. The maximum Gasteiger partial charge on any atom is 0.248 e. The van der Waals surface area contributed by atoms with E-state index >= 15 is 0 Å². The number of hydrogen-bond acceptors (Lipinski definition) is 6. The molecule has 0 spiro atoms. The number of benzene rings is 2. The summed E-state index contributed by atoms with van der Waals surface area (Å²) in [6.45, 7) is 5.96. The third-order valence-electron chi connectivity index (χ3n) is 6.60. The fraction of sp³-hybridized carbons (Fsp3) is 0.519. The predicted octanol–water partition coefficient (Wildman–Crippen LogP) is 2.64. The first-order valence-corrected chi connectivity index (χ1v) is 13.7. The van der Waals surface area contributed by atoms with Crippen molar-refractivity contribution in [3.63, 3.8) is 0 Å². The predicted molar refractivity (Wildman–Crippen MR) is 141 cm³/mol. The van der Waals surface area contributed by atoms with E-state index in [0.717, 1.165) is 19.4 Å². The number of amides is 1. The quantitative estimate of drug-likeness (QED) is 0.427. The number of ether oxygens (including phenoxy) is 2. The fourth-order valence-corrected chi connectivity index (χ4v) is 6.04. The minimum Gasteiger partial charge on any atom is -0.497 e. The number of likely N-dealkylation sites (N-methyl/N-ethyl adjacent to an activating group) is 2. The SMILES string of the molecule is COc1cc(C)c(S(=O)(=O)N(C)CCOCC(=O)N2CCc3ccc(CCN(C)C)cc3C2)c(C)c1. The zero-order valence-electron chi connectivity index (χ0n) is 22.3. The molecule has 8 nitrogen and oxygen atoms in total. The molecule has 0 unspecified atom stereocenters. The highest BCUT2D eigenvalue weighted by molar-refractivity contribution is 7.89. The van der Waals surface area contributed by atoms with Gasteiger partial charge < -0.3 is 19.3 Å². The fourth-order valence-electron chi connectivity index (χ4n) is 4.49. The lowest BCUT2D eigenvalue weighted by Gasteiger charge is -2.29. The summed E-state index contributed by atoms with van der Waals surface area (Å²) in [5.74, 6) is 0.547. The second-order valence-corrected chi connectivity index (χ2v) is 11.7. The molecule has 198 valence electrons. The van der Waals surface area contributed by atoms with Crippen LogP contribution in [0, 0.1) is 13.8 Å². The highest BCUT2D eigenvalue weighted by Crippen LogP contribution is 2.27. The van der Waals surface area contributed by atoms with E-state index in [2.05, 4.69) is 37.2 Å². The van der Waals surface area contributed by atoms with Crippen LogP contribution in [-0.2, 0) is 38.9 Å². The van der Waals surface area contributed by atoms with Crippen LogP contribution in [0.25, 0.3) is 0 Å². The highest BCUT2D eigenvalue weighted by atomic mass is 32.2. The molecule has 0 radical (unpaired) electrons. The average molecular weight is 518 g/mol. The zero-order chi connectivity index (χ0) is 26.5. The molecule has 3 rings (SSSR count). The van der Waals surface area contributed by atoms with Gasteiger partial charge in [0, 0.05) is 33.2 Å². The van der Waals surface area contributed by atoms with Crippen LogP contribution < -0.4 is 4.74 Å². The van der Waals surface area contributed by atoms with Crippen molar-refractivity contribution in [1.29, 1.82) is 0 Å². The second-order valence-electron chi connectivity index (χ2n) is 9.69. The largest absolute Gasteiger partial charge is 0.497 e. The molecule has 0 saturated heterocycles. The normalized spacial score (nSPS) is 13.8. The van der Waals surface area contributed by atoms with Gasteiger partial charge in [-0.05, 0) is 80.7 Å². The third-order valence-corrected chi connectivity index (χ3v) is 8.76. The maximum atomic E-state index is 13.1. The summed E-state index contributed by atoms with van der Waals surface area (Å²) >= 11 is 0. The molecule has 1 aliphatic heterocycles. The van der Waals surface area contributed by atoms with Crippen LogP contribution in [0.2, 0.25) is 0 Å². The molecule has 1 aliphatic rings. The number of carbonyl (C=O) groups excluding carboxylic acids is 1. The molecule has 0 N–H and O–H groups in total. The van der Waals surface area contributed by atoms with Crippen LogP contribution in [0.4, 0.5) is 0 Å². The van der Waals surface area contributed by atoms with Gasteiger partial charge in [-0.3, -0.25) is 4.79 Å². The monoisotopic (exact) mass is 517 g/mol. The topological polar surface area (TPSA) is 79.4 Å². The number of hydrogen-bond donors (Lipinski definition) is 0. The van der Waals surface area contributed by atoms with E-state index in [1.165, 1.54) is 28.0 Å². The Kier molecular flexibility index (Phi) is 9.52. The number of carbonyl (C=O) groups is 1. The standard InChI is InChI=1S/C27H39N3O5S/c1-20-15-25(34-6)16-21(2)27(20)36(32,33)29(5)13-14-35-19-26(31)30-12-10-23-8-7-22(9-11-28(3)4)17-24(23)18-30/h7-8,15-17H,9-14,18-19H2,1-6H3. The maximum absolute atomic E-state index is 13.1. The van der Waals surface area contributed by atoms with Gasteiger partial charge in [-0.15, -0.1) is 0 Å². The Bertz CT molecular complexity index is 1160. The van der Waals surface area contributed by atoms with E-state index in [4.69, 9.17) is 9.47 Å². The molecule has 2 aromatic rings. The van der Waals surface area contributed by atoms with Crippen molar-refractivity contribution in [2.45, 2.75) is 38.1 Å². The summed E-state index contributed by atoms with van der Waals surface area (Å²) in [5.41, 5.74) is 5.03. The lowest BCUT2D eigenvalue weighted by molar-refractivity contribution is -0.137. The summed E-state index contributed by atoms with van der Waals surface area (Å²) in [5, 5.41) is 0. The van der Waals surface area contributed by atoms with Crippen molar-refractivity contribution in [2.24, 2.45) is 0 Å². The minimum absolute atomic E-state index is 0.0653. The number of fused-ring (bicyclic) bond motifs is 1. The zero-order valence-corrected chi connectivity index (χ0v) is 23.2. The lowest BCUT2D eigenvalue weighted by atomic mass is 9.96. The summed E-state index contributed by atoms with van der Waals surface area (Å²) in [7, 11) is 3.51. The van der Waals surface area contributed by atoms with Gasteiger partial charge in [0.05, 0.1) is 18.6 Å². The molecule has 0 fully saturated rings. The van der Waals surface area contributed by atoms with Gasteiger partial charge in [-0.25, -0.2) is 8.42 Å². The lowest BCUT2D eigenvalue weighted by Crippen LogP contribution is -2.39. The van der Waals surface area contributed by atoms with Crippen molar-refractivity contribution < 1.29 is 22.7 Å². The Labute approximate surface area is 215 Å². The molecule has 9 heteroatoms. The molecular weight excluding hydrogens is 478 g/mol. The first-order valence-electron chi connectivity index (χ1n) is 12.3. The van der Waals surface area contributed by atoms with Gasteiger partial charge in [0.2, 0.25) is 15.9 Å². The van der Waals surface area contributed by atoms with Crippen LogP contribution in [0.3, 0.4) is 0 Å². The second kappa shape index (κ2) is 12.2. The number of nitrogens with zero attached hydrogens (tertiary/aromatic N) is 3. The molecule has 0 saturated carbocycles. The van der Waals surface area contributed by atoms with Gasteiger partial charge in [-0.2, -0.15) is 4.31 Å². The van der Waals surface area contributed by atoms with E-state index in [9.17, 15) is 13.2 Å². The highest BCUT2D eigenvalue weighted by Gasteiger charge is 2.26. The number of methoxy groups -OCH3 is 1. The van der Waals surface area contributed by atoms with Gasteiger partial charge in [-0.1, -0.05) is 18.2 Å². The van der Waals surface area contributed by atoms with Crippen molar-refractivity contribution in [3.8, 4) is 5.75 Å². The smallest absolute Gasteiger partial charge is 0.248 e. The molecule has 0 aromatic heterocycles. The molecule has 0 atom stereocenters. The van der Waals surface area contributed by atoms with E-state index in [1.807, 2.05) is 4.90 Å². The van der Waals surface area contributed by atoms with Gasteiger partial charge in [0.25, 0.3) is 0 Å². The average Bonchev–Trinajstić information content (AvgIpc) is 2.83. The molecule has 36 heavy (non-hydrogen) atoms. The Balaban J connectivity index is 1.51. The van der Waals surface area contributed by atoms with Crippen molar-refractivity contribution in [3.05, 3.63) is 58.1 Å². The van der Waals surface area contributed by atoms with Crippen molar-refractivity contribution in [1.82, 2.24) is 14.1 Å². The molecule has 1 amide bonds. The van der Waals surface area contributed by atoms with E-state index < -0.39 is 10.0 Å². The first-order chi connectivity index (χ1) is 17.0. The van der Waals surface area contributed by atoms with Gasteiger partial charge >= 0.3 is 0 Å². The van der Waals surface area contributed by atoms with Crippen molar-refractivity contribution >= 4 is 15.9 Å². The summed E-state index contributed by atoms with van der Waals surface area (Å²) in [4.78, 5) is 17.0. The van der Waals surface area contributed by atoms with Gasteiger partial charge in [0.15, 0.2) is 0 Å². The van der Waals surface area contributed by atoms with Crippen molar-refractivity contribution in [2.75, 3.05) is 61.1 Å². The Hall–Kier alpha value is -2.46. The van der Waals surface area contributed by atoms with Crippen LogP contribution in [0.5, 0.6) is 5.75 Å². The summed E-state index contributed by atoms with van der Waals surface area (Å²) in [6, 6.07) is 10.0. The molecular formula is C27H39N3O5S. The number of rotatable bonds is 11. The van der Waals surface area contributed by atoms with Crippen LogP contribution >= 0.6 is 0 Å². The van der Waals surface area contributed by atoms with E-state index in [0.29, 0.717) is 30.0 Å². The molecule has 2 aromatic carbocycles. The molecule has 0 aliphatic carbocycles. The van der Waals surface area contributed by atoms with E-state index in [1.54, 1.807) is 33.1 Å². The molecule has 1 heterocycles. The Morgan fingerprint density at radius 1 is 1.03 bits per heavy atom. The van der Waals surface area contributed by atoms with Gasteiger partial charge in [0.1, 0.15) is 12.4 Å². The van der Waals surface area contributed by atoms with E-state index in [-0.39, 0.29) is 30.6 Å². The number of aryl methyl sites for hydroxylation is 2. The minimum atomic E-state index is -3.69. The first kappa shape index (κ1) is 28.1. The summed E-state index contributed by atoms with van der Waals surface area (Å²) < 4.78 is 38.4. The van der Waals surface area contributed by atoms with Crippen LogP contribution in [-0.4, -0.2) is 89.5 Å². The Morgan fingerprint density at radius 2 is 1.72 bits per heavy atom. The van der Waals surface area contributed by atoms with Crippen LogP contribution in [0.1, 0.15) is 27.8 Å². The third kappa shape index (κ3) is 6.85.